The zero-order chi connectivity index (χ0) is 17.2. The molecule has 128 valence electrons. The number of carbonyl (C=O) groups excluding carboxylic acids is 2. The number of aromatic nitrogens is 1. The van der Waals surface area contributed by atoms with Gasteiger partial charge in [0, 0.05) is 29.9 Å². The van der Waals surface area contributed by atoms with Crippen LogP contribution >= 0.6 is 0 Å². The lowest BCUT2D eigenvalue weighted by atomic mass is 10.1. The predicted octanol–water partition coefficient (Wildman–Crippen LogP) is 2.63. The van der Waals surface area contributed by atoms with Crippen LogP contribution in [0.3, 0.4) is 0 Å². The van der Waals surface area contributed by atoms with Crippen molar-refractivity contribution >= 4 is 11.8 Å². The molecule has 2 heterocycles. The van der Waals surface area contributed by atoms with Gasteiger partial charge in [-0.15, -0.1) is 0 Å². The SMILES string of the molecule is O=C(NC1CC1)C1CCCN1C(=O)c1cccc(-c2ccccn2)c1. The molecule has 2 amide bonds. The number of benzene rings is 1. The fourth-order valence-electron chi connectivity index (χ4n) is 3.32. The first kappa shape index (κ1) is 15.8. The zero-order valence-corrected chi connectivity index (χ0v) is 14.0. The second-order valence-electron chi connectivity index (χ2n) is 6.74. The smallest absolute Gasteiger partial charge is 0.254 e. The normalized spacial score (nSPS) is 19.7. The van der Waals surface area contributed by atoms with Gasteiger partial charge in [0.05, 0.1) is 5.69 Å². The van der Waals surface area contributed by atoms with Gasteiger partial charge < -0.3 is 10.2 Å². The first-order valence-electron chi connectivity index (χ1n) is 8.85. The van der Waals surface area contributed by atoms with Gasteiger partial charge in [0.15, 0.2) is 0 Å². The number of nitrogens with one attached hydrogen (secondary N) is 1. The minimum atomic E-state index is -0.341. The van der Waals surface area contributed by atoms with E-state index < -0.39 is 0 Å². The molecule has 1 atom stereocenters. The molecular formula is C20H21N3O2. The van der Waals surface area contributed by atoms with E-state index in [1.807, 2.05) is 42.5 Å². The molecule has 1 aliphatic heterocycles. The van der Waals surface area contributed by atoms with Gasteiger partial charge in [0.2, 0.25) is 5.91 Å². The summed E-state index contributed by atoms with van der Waals surface area (Å²) in [5.74, 6) is -0.0829. The van der Waals surface area contributed by atoms with Crippen LogP contribution in [0.2, 0.25) is 0 Å². The lowest BCUT2D eigenvalue weighted by molar-refractivity contribution is -0.125. The Morgan fingerprint density at radius 1 is 1.08 bits per heavy atom. The van der Waals surface area contributed by atoms with Crippen molar-refractivity contribution in [1.29, 1.82) is 0 Å². The number of nitrogens with zero attached hydrogens (tertiary/aromatic N) is 2. The van der Waals surface area contributed by atoms with Crippen molar-refractivity contribution < 1.29 is 9.59 Å². The third-order valence-corrected chi connectivity index (χ3v) is 4.81. The second kappa shape index (κ2) is 6.67. The van der Waals surface area contributed by atoms with Crippen molar-refractivity contribution in [2.75, 3.05) is 6.54 Å². The van der Waals surface area contributed by atoms with Crippen LogP contribution in [0.15, 0.2) is 48.7 Å². The molecule has 1 aromatic carbocycles. The quantitative estimate of drug-likeness (QED) is 0.934. The van der Waals surface area contributed by atoms with Gasteiger partial charge >= 0.3 is 0 Å². The van der Waals surface area contributed by atoms with Crippen molar-refractivity contribution in [1.82, 2.24) is 15.2 Å². The number of carbonyl (C=O) groups is 2. The molecule has 25 heavy (non-hydrogen) atoms. The molecule has 1 saturated heterocycles. The topological polar surface area (TPSA) is 62.3 Å². The van der Waals surface area contributed by atoms with Gasteiger partial charge in [-0.1, -0.05) is 18.2 Å². The average molecular weight is 335 g/mol. The molecule has 1 unspecified atom stereocenters. The molecule has 5 nitrogen and oxygen atoms in total. The maximum Gasteiger partial charge on any atom is 0.254 e. The summed E-state index contributed by atoms with van der Waals surface area (Å²) in [4.78, 5) is 31.4. The van der Waals surface area contributed by atoms with E-state index in [1.54, 1.807) is 11.1 Å². The van der Waals surface area contributed by atoms with E-state index in [4.69, 9.17) is 0 Å². The van der Waals surface area contributed by atoms with Gasteiger partial charge in [0.25, 0.3) is 5.91 Å². The van der Waals surface area contributed by atoms with Crippen molar-refractivity contribution in [3.63, 3.8) is 0 Å². The molecular weight excluding hydrogens is 314 g/mol. The molecule has 2 aromatic rings. The van der Waals surface area contributed by atoms with E-state index >= 15 is 0 Å². The van der Waals surface area contributed by atoms with Crippen LogP contribution in [0.25, 0.3) is 11.3 Å². The molecule has 1 saturated carbocycles. The summed E-state index contributed by atoms with van der Waals surface area (Å²) >= 11 is 0. The molecule has 4 rings (SSSR count). The van der Waals surface area contributed by atoms with Crippen molar-refractivity contribution in [2.24, 2.45) is 0 Å². The average Bonchev–Trinajstić information content (AvgIpc) is 3.33. The Kier molecular flexibility index (Phi) is 4.22. The lowest BCUT2D eigenvalue weighted by Gasteiger charge is -2.24. The van der Waals surface area contributed by atoms with Gasteiger partial charge in [0.1, 0.15) is 6.04 Å². The molecule has 0 bridgehead atoms. The van der Waals surface area contributed by atoms with E-state index in [9.17, 15) is 9.59 Å². The highest BCUT2D eigenvalue weighted by Gasteiger charge is 2.36. The standard InChI is InChI=1S/C20H21N3O2/c24-19(22-16-9-10-16)18-8-4-12-23(18)20(25)15-6-3-5-14(13-15)17-7-1-2-11-21-17/h1-3,5-7,11,13,16,18H,4,8-10,12H2,(H,22,24). The number of hydrogen-bond acceptors (Lipinski definition) is 3. The third kappa shape index (κ3) is 3.40. The zero-order valence-electron chi connectivity index (χ0n) is 14.0. The fraction of sp³-hybridized carbons (Fsp3) is 0.350. The molecule has 0 spiro atoms. The Morgan fingerprint density at radius 2 is 1.96 bits per heavy atom. The van der Waals surface area contributed by atoms with Crippen molar-refractivity contribution in [3.05, 3.63) is 54.2 Å². The molecule has 2 aliphatic rings. The van der Waals surface area contributed by atoms with Gasteiger partial charge in [-0.25, -0.2) is 0 Å². The summed E-state index contributed by atoms with van der Waals surface area (Å²) < 4.78 is 0. The van der Waals surface area contributed by atoms with Gasteiger partial charge in [-0.3, -0.25) is 14.6 Å². The van der Waals surface area contributed by atoms with Crippen LogP contribution in [0.5, 0.6) is 0 Å². The maximum absolute atomic E-state index is 13.0. The Bertz CT molecular complexity index is 787. The van der Waals surface area contributed by atoms with E-state index in [0.29, 0.717) is 18.2 Å². The second-order valence-corrected chi connectivity index (χ2v) is 6.74. The summed E-state index contributed by atoms with van der Waals surface area (Å²) in [6.07, 6.45) is 5.46. The number of likely N-dealkylation sites (tertiary alicyclic amines) is 1. The molecule has 0 radical (unpaired) electrons. The summed E-state index contributed by atoms with van der Waals surface area (Å²) in [6.45, 7) is 0.634. The van der Waals surface area contributed by atoms with Crippen LogP contribution in [0, 0.1) is 0 Å². The van der Waals surface area contributed by atoms with E-state index in [0.717, 1.165) is 36.9 Å². The number of pyridine rings is 1. The highest BCUT2D eigenvalue weighted by Crippen LogP contribution is 2.25. The van der Waals surface area contributed by atoms with Gasteiger partial charge in [-0.2, -0.15) is 0 Å². The Balaban J connectivity index is 1.54. The third-order valence-electron chi connectivity index (χ3n) is 4.81. The van der Waals surface area contributed by atoms with Crippen LogP contribution in [0.1, 0.15) is 36.0 Å². The number of amides is 2. The molecule has 1 aromatic heterocycles. The van der Waals surface area contributed by atoms with Gasteiger partial charge in [-0.05, 0) is 49.9 Å². The van der Waals surface area contributed by atoms with E-state index in [-0.39, 0.29) is 17.9 Å². The molecule has 1 aliphatic carbocycles. The minimum Gasteiger partial charge on any atom is -0.352 e. The van der Waals surface area contributed by atoms with Crippen LogP contribution < -0.4 is 5.32 Å². The summed E-state index contributed by atoms with van der Waals surface area (Å²) in [5.41, 5.74) is 2.35. The molecule has 1 N–H and O–H groups in total. The largest absolute Gasteiger partial charge is 0.352 e. The fourth-order valence-corrected chi connectivity index (χ4v) is 3.32. The van der Waals surface area contributed by atoms with E-state index in [1.165, 1.54) is 0 Å². The number of hydrogen-bond donors (Lipinski definition) is 1. The minimum absolute atomic E-state index is 0.00534. The van der Waals surface area contributed by atoms with Crippen LogP contribution in [0.4, 0.5) is 0 Å². The van der Waals surface area contributed by atoms with Crippen molar-refractivity contribution in [2.45, 2.75) is 37.8 Å². The first-order chi connectivity index (χ1) is 12.2. The monoisotopic (exact) mass is 335 g/mol. The molecule has 2 fully saturated rings. The summed E-state index contributed by atoms with van der Waals surface area (Å²) in [5, 5.41) is 3.03. The predicted molar refractivity (Wildman–Crippen MR) is 94.9 cm³/mol. The highest BCUT2D eigenvalue weighted by atomic mass is 16.2. The Labute approximate surface area is 147 Å². The Hall–Kier alpha value is -2.69. The summed E-state index contributed by atoms with van der Waals surface area (Å²) in [7, 11) is 0. The molecule has 5 heteroatoms. The van der Waals surface area contributed by atoms with Crippen LogP contribution in [-0.4, -0.2) is 40.3 Å². The Morgan fingerprint density at radius 3 is 2.72 bits per heavy atom. The maximum atomic E-state index is 13.0. The van der Waals surface area contributed by atoms with Crippen molar-refractivity contribution in [3.8, 4) is 11.3 Å². The van der Waals surface area contributed by atoms with E-state index in [2.05, 4.69) is 10.3 Å². The van der Waals surface area contributed by atoms with Crippen LogP contribution in [-0.2, 0) is 4.79 Å². The number of rotatable bonds is 4. The summed E-state index contributed by atoms with van der Waals surface area (Å²) in [6, 6.07) is 13.2. The first-order valence-corrected chi connectivity index (χ1v) is 8.85. The highest BCUT2D eigenvalue weighted by molar-refractivity contribution is 5.98. The lowest BCUT2D eigenvalue weighted by Crippen LogP contribution is -2.46.